The smallest absolute Gasteiger partial charge is 0.0406 e. The molecule has 0 unspecified atom stereocenters. The Balaban J connectivity index is 0.000000220. The zero-order chi connectivity index (χ0) is 17.0. The van der Waals surface area contributed by atoms with Gasteiger partial charge in [0.15, 0.2) is 0 Å². The summed E-state index contributed by atoms with van der Waals surface area (Å²) in [6.07, 6.45) is 0. The Hall–Kier alpha value is -1.27. The minimum Gasteiger partial charge on any atom is -0.0843 e. The van der Waals surface area contributed by atoms with Gasteiger partial charge in [-0.3, -0.25) is 0 Å². The molecule has 0 aromatic heterocycles. The van der Waals surface area contributed by atoms with Crippen molar-refractivity contribution in [3.8, 4) is 0 Å². The Labute approximate surface area is 141 Å². The van der Waals surface area contributed by atoms with E-state index < -0.39 is 0 Å². The van der Waals surface area contributed by atoms with Gasteiger partial charge < -0.3 is 0 Å². The molecule has 0 heterocycles. The van der Waals surface area contributed by atoms with Crippen molar-refractivity contribution >= 4 is 11.6 Å². The van der Waals surface area contributed by atoms with Crippen LogP contribution in [0.1, 0.15) is 58.2 Å². The highest BCUT2D eigenvalue weighted by Gasteiger charge is 2.12. The molecule has 0 atom stereocenters. The van der Waals surface area contributed by atoms with Gasteiger partial charge in [0.2, 0.25) is 0 Å². The van der Waals surface area contributed by atoms with E-state index in [-0.39, 0.29) is 10.8 Å². The van der Waals surface area contributed by atoms with E-state index in [9.17, 15) is 0 Å². The molecule has 0 aliphatic carbocycles. The van der Waals surface area contributed by atoms with Gasteiger partial charge in [-0.2, -0.15) is 0 Å². The third-order valence-corrected chi connectivity index (χ3v) is 3.88. The molecule has 0 nitrogen and oxygen atoms in total. The second-order valence-corrected chi connectivity index (χ2v) is 8.31. The van der Waals surface area contributed by atoms with Crippen LogP contribution in [-0.4, -0.2) is 0 Å². The molecule has 0 saturated carbocycles. The standard InChI is InChI=1S/C11H16.C10H13Cl/c1-9-5-7-10(8-6-9)11(2,3)4;1-10(2,3)8-4-6-9(11)7-5-8/h5-8H,1-4H3;4-7H,1-3H3. The highest BCUT2D eigenvalue weighted by molar-refractivity contribution is 6.30. The third kappa shape index (κ3) is 6.23. The van der Waals surface area contributed by atoms with Crippen molar-refractivity contribution in [3.63, 3.8) is 0 Å². The Morgan fingerprint density at radius 1 is 0.591 bits per heavy atom. The summed E-state index contributed by atoms with van der Waals surface area (Å²) >= 11 is 5.76. The molecule has 0 fully saturated rings. The molecule has 2 aromatic rings. The molecule has 1 heteroatoms. The first kappa shape index (κ1) is 18.8. The summed E-state index contributed by atoms with van der Waals surface area (Å²) in [5, 5.41) is 0.804. The molecular weight excluding hydrogens is 288 g/mol. The fraction of sp³-hybridized carbons (Fsp3) is 0.429. The second-order valence-electron chi connectivity index (χ2n) is 7.87. The van der Waals surface area contributed by atoms with Crippen LogP contribution in [0.2, 0.25) is 5.02 Å². The Bertz CT molecular complexity index is 508. The summed E-state index contributed by atoms with van der Waals surface area (Å²) in [5.41, 5.74) is 4.57. The summed E-state index contributed by atoms with van der Waals surface area (Å²) in [7, 11) is 0. The van der Waals surface area contributed by atoms with E-state index in [4.69, 9.17) is 11.6 Å². The topological polar surface area (TPSA) is 0 Å². The van der Waals surface area contributed by atoms with Crippen molar-refractivity contribution in [1.29, 1.82) is 0 Å². The Morgan fingerprint density at radius 3 is 1.23 bits per heavy atom. The molecule has 0 saturated heterocycles. The van der Waals surface area contributed by atoms with Crippen LogP contribution < -0.4 is 0 Å². The van der Waals surface area contributed by atoms with Crippen molar-refractivity contribution in [2.75, 3.05) is 0 Å². The van der Waals surface area contributed by atoms with Gasteiger partial charge in [-0.05, 0) is 41.0 Å². The third-order valence-electron chi connectivity index (χ3n) is 3.63. The number of halogens is 1. The van der Waals surface area contributed by atoms with Gasteiger partial charge in [0, 0.05) is 5.02 Å². The Morgan fingerprint density at radius 2 is 0.909 bits per heavy atom. The fourth-order valence-electron chi connectivity index (χ4n) is 2.00. The average Bonchev–Trinajstić information content (AvgIpc) is 2.38. The largest absolute Gasteiger partial charge is 0.0843 e. The molecule has 2 rings (SSSR count). The van der Waals surface area contributed by atoms with E-state index in [1.165, 1.54) is 16.7 Å². The minimum atomic E-state index is 0.227. The van der Waals surface area contributed by atoms with E-state index in [1.54, 1.807) is 0 Å². The summed E-state index contributed by atoms with van der Waals surface area (Å²) in [4.78, 5) is 0. The van der Waals surface area contributed by atoms with E-state index >= 15 is 0 Å². The highest BCUT2D eigenvalue weighted by atomic mass is 35.5. The monoisotopic (exact) mass is 316 g/mol. The van der Waals surface area contributed by atoms with Gasteiger partial charge in [0.1, 0.15) is 0 Å². The summed E-state index contributed by atoms with van der Waals surface area (Å²) in [5.74, 6) is 0. The second kappa shape index (κ2) is 7.33. The van der Waals surface area contributed by atoms with Crippen LogP contribution in [0.25, 0.3) is 0 Å². The van der Waals surface area contributed by atoms with Crippen molar-refractivity contribution in [2.24, 2.45) is 0 Å². The molecule has 0 radical (unpaired) electrons. The normalized spacial score (nSPS) is 11.6. The van der Waals surface area contributed by atoms with Gasteiger partial charge >= 0.3 is 0 Å². The number of benzene rings is 2. The van der Waals surface area contributed by atoms with Crippen LogP contribution in [0.5, 0.6) is 0 Å². The number of aryl methyl sites for hydroxylation is 1. The lowest BCUT2D eigenvalue weighted by molar-refractivity contribution is 0.590. The first-order valence-electron chi connectivity index (χ1n) is 7.83. The van der Waals surface area contributed by atoms with Gasteiger partial charge in [0.05, 0.1) is 0 Å². The lowest BCUT2D eigenvalue weighted by Crippen LogP contribution is -2.10. The molecule has 22 heavy (non-hydrogen) atoms. The number of hydrogen-bond donors (Lipinski definition) is 0. The van der Waals surface area contributed by atoms with Crippen molar-refractivity contribution < 1.29 is 0 Å². The predicted octanol–water partition coefficient (Wildman–Crippen LogP) is 6.93. The quantitative estimate of drug-likeness (QED) is 0.494. The van der Waals surface area contributed by atoms with Crippen LogP contribution in [0.3, 0.4) is 0 Å². The number of hydrogen-bond acceptors (Lipinski definition) is 0. The molecule has 0 aliphatic rings. The zero-order valence-electron chi connectivity index (χ0n) is 15.0. The van der Waals surface area contributed by atoms with E-state index in [2.05, 4.69) is 84.9 Å². The van der Waals surface area contributed by atoms with E-state index in [1.807, 2.05) is 12.1 Å². The highest BCUT2D eigenvalue weighted by Crippen LogP contribution is 2.23. The summed E-state index contributed by atoms with van der Waals surface area (Å²) in [6, 6.07) is 16.8. The van der Waals surface area contributed by atoms with Crippen molar-refractivity contribution in [3.05, 3.63) is 70.2 Å². The lowest BCUT2D eigenvalue weighted by atomic mass is 9.87. The molecule has 0 N–H and O–H groups in total. The maximum atomic E-state index is 5.76. The maximum Gasteiger partial charge on any atom is 0.0406 e. The summed E-state index contributed by atoms with van der Waals surface area (Å²) < 4.78 is 0. The molecule has 2 aromatic carbocycles. The molecule has 0 spiro atoms. The lowest BCUT2D eigenvalue weighted by Gasteiger charge is -2.18. The van der Waals surface area contributed by atoms with Crippen LogP contribution in [0, 0.1) is 6.92 Å². The van der Waals surface area contributed by atoms with E-state index in [0.717, 1.165) is 5.02 Å². The average molecular weight is 317 g/mol. The van der Waals surface area contributed by atoms with Crippen LogP contribution in [0.4, 0.5) is 0 Å². The van der Waals surface area contributed by atoms with Gasteiger partial charge in [-0.1, -0.05) is 95.1 Å². The van der Waals surface area contributed by atoms with Crippen LogP contribution in [-0.2, 0) is 10.8 Å². The molecule has 0 aliphatic heterocycles. The fourth-order valence-corrected chi connectivity index (χ4v) is 2.13. The zero-order valence-corrected chi connectivity index (χ0v) is 15.8. The predicted molar refractivity (Wildman–Crippen MR) is 100 cm³/mol. The minimum absolute atomic E-state index is 0.227. The molecule has 0 amide bonds. The maximum absolute atomic E-state index is 5.76. The van der Waals surface area contributed by atoms with Crippen LogP contribution in [0.15, 0.2) is 48.5 Å². The molecule has 0 bridgehead atoms. The van der Waals surface area contributed by atoms with Crippen molar-refractivity contribution in [2.45, 2.75) is 59.3 Å². The summed E-state index contributed by atoms with van der Waals surface area (Å²) in [6.45, 7) is 15.4. The van der Waals surface area contributed by atoms with Crippen LogP contribution >= 0.6 is 11.6 Å². The van der Waals surface area contributed by atoms with E-state index in [0.29, 0.717) is 0 Å². The van der Waals surface area contributed by atoms with Gasteiger partial charge in [-0.25, -0.2) is 0 Å². The SMILES string of the molecule is CC(C)(C)c1ccc(Cl)cc1.Cc1ccc(C(C)(C)C)cc1. The molecule has 120 valence electrons. The van der Waals surface area contributed by atoms with Gasteiger partial charge in [0.25, 0.3) is 0 Å². The van der Waals surface area contributed by atoms with Crippen molar-refractivity contribution in [1.82, 2.24) is 0 Å². The first-order valence-corrected chi connectivity index (χ1v) is 8.21. The molecular formula is C21H29Cl. The number of rotatable bonds is 0. The first-order chi connectivity index (χ1) is 10.00. The Kier molecular flexibility index (Phi) is 6.26. The van der Waals surface area contributed by atoms with Gasteiger partial charge in [-0.15, -0.1) is 0 Å².